The number of nitrogens with one attached hydrogen (secondary N) is 1. The van der Waals surface area contributed by atoms with Crippen molar-refractivity contribution in [3.05, 3.63) is 80.9 Å². The minimum Gasteiger partial charge on any atom is -0.455 e. The van der Waals surface area contributed by atoms with E-state index in [1.54, 1.807) is 19.3 Å². The van der Waals surface area contributed by atoms with Crippen LogP contribution in [0, 0.1) is 19.3 Å². The average Bonchev–Trinajstić information content (AvgIpc) is 2.91. The predicted molar refractivity (Wildman–Crippen MR) is 151 cm³/mol. The van der Waals surface area contributed by atoms with Crippen molar-refractivity contribution >= 4 is 34.1 Å². The maximum absolute atomic E-state index is 13.4. The number of hydrogen-bond acceptors (Lipinski definition) is 7. The third-order valence-electron chi connectivity index (χ3n) is 7.90. The Kier molecular flexibility index (Phi) is 6.36. The number of nitrogens with zero attached hydrogens (tertiary/aromatic N) is 3. The third kappa shape index (κ3) is 4.44. The molecule has 5 heterocycles. The molecule has 6 rings (SSSR count). The molecular weight excluding hydrogens is 500 g/mol. The first kappa shape index (κ1) is 24.9. The molecule has 2 saturated heterocycles. The molecule has 0 saturated carbocycles. The van der Waals surface area contributed by atoms with Crippen LogP contribution in [0.5, 0.6) is 0 Å². The van der Waals surface area contributed by atoms with Gasteiger partial charge < -0.3 is 19.4 Å². The van der Waals surface area contributed by atoms with Crippen LogP contribution in [0.15, 0.2) is 58.0 Å². The van der Waals surface area contributed by atoms with E-state index in [9.17, 15) is 4.79 Å². The van der Waals surface area contributed by atoms with Crippen molar-refractivity contribution in [1.82, 2.24) is 9.97 Å². The number of hydrogen-bond donors (Lipinski definition) is 1. The van der Waals surface area contributed by atoms with Crippen molar-refractivity contribution in [2.75, 3.05) is 36.5 Å². The molecule has 2 aliphatic rings. The molecule has 38 heavy (non-hydrogen) atoms. The highest BCUT2D eigenvalue weighted by Gasteiger charge is 2.45. The minimum absolute atomic E-state index is 0.0292. The van der Waals surface area contributed by atoms with Crippen molar-refractivity contribution in [1.29, 1.82) is 0 Å². The molecule has 0 aliphatic carbocycles. The topological polar surface area (TPSA) is 80.5 Å². The summed E-state index contributed by atoms with van der Waals surface area (Å²) in [5.41, 5.74) is 5.03. The zero-order valence-electron chi connectivity index (χ0n) is 21.9. The Morgan fingerprint density at radius 2 is 1.92 bits per heavy atom. The average molecular weight is 531 g/mol. The zero-order chi connectivity index (χ0) is 26.4. The van der Waals surface area contributed by atoms with Gasteiger partial charge in [-0.25, -0.2) is 4.98 Å². The summed E-state index contributed by atoms with van der Waals surface area (Å²) in [6.45, 7) is 9.43. The number of aromatic nitrogens is 2. The fourth-order valence-electron chi connectivity index (χ4n) is 5.79. The molecule has 2 aliphatic heterocycles. The number of fused-ring (bicyclic) bond motifs is 1. The Morgan fingerprint density at radius 3 is 2.66 bits per heavy atom. The fraction of sp³-hybridized carbons (Fsp3) is 0.367. The smallest absolute Gasteiger partial charge is 0.196 e. The summed E-state index contributed by atoms with van der Waals surface area (Å²) in [7, 11) is 0. The maximum atomic E-state index is 13.4. The molecule has 7 nitrogen and oxygen atoms in total. The molecule has 0 bridgehead atoms. The van der Waals surface area contributed by atoms with Crippen LogP contribution in [0.3, 0.4) is 0 Å². The van der Waals surface area contributed by atoms with E-state index < -0.39 is 0 Å². The van der Waals surface area contributed by atoms with Crippen molar-refractivity contribution in [3.63, 3.8) is 0 Å². The van der Waals surface area contributed by atoms with E-state index in [2.05, 4.69) is 28.2 Å². The van der Waals surface area contributed by atoms with E-state index in [1.165, 1.54) is 0 Å². The van der Waals surface area contributed by atoms with Gasteiger partial charge in [-0.15, -0.1) is 0 Å². The van der Waals surface area contributed by atoms with Crippen molar-refractivity contribution in [2.45, 2.75) is 39.7 Å². The second-order valence-electron chi connectivity index (χ2n) is 10.7. The van der Waals surface area contributed by atoms with Gasteiger partial charge in [-0.05, 0) is 69.5 Å². The standard InChI is InChI=1S/C30H31ClN4O3/c1-18-13-22(28-23(14-18)26(36)19(2)27(38-28)21-5-4-10-32-15-21)20(3)33-24-6-7-25(31)34-29(24)35-16-30(17-35)8-11-37-12-9-30/h4-7,10,13-15,20,33H,8-9,11-12,16-17H2,1-3H3. The molecule has 1 aromatic carbocycles. The maximum Gasteiger partial charge on any atom is 0.196 e. The number of anilines is 2. The van der Waals surface area contributed by atoms with Gasteiger partial charge >= 0.3 is 0 Å². The van der Waals surface area contributed by atoms with Crippen LogP contribution in [0.1, 0.15) is 42.5 Å². The molecule has 2 fully saturated rings. The number of pyridine rings is 2. The zero-order valence-corrected chi connectivity index (χ0v) is 22.6. The molecule has 1 atom stereocenters. The third-order valence-corrected chi connectivity index (χ3v) is 8.11. The lowest BCUT2D eigenvalue weighted by Crippen LogP contribution is -2.59. The van der Waals surface area contributed by atoms with E-state index in [4.69, 9.17) is 25.7 Å². The lowest BCUT2D eigenvalue weighted by molar-refractivity contribution is -0.000407. The van der Waals surface area contributed by atoms with E-state index in [0.29, 0.717) is 32.9 Å². The molecule has 0 radical (unpaired) electrons. The Balaban J connectivity index is 1.37. The Morgan fingerprint density at radius 1 is 1.13 bits per heavy atom. The van der Waals surface area contributed by atoms with Crippen LogP contribution < -0.4 is 15.6 Å². The van der Waals surface area contributed by atoms with Crippen LogP contribution >= 0.6 is 11.6 Å². The van der Waals surface area contributed by atoms with Gasteiger partial charge in [0.05, 0.1) is 17.1 Å². The van der Waals surface area contributed by atoms with Crippen LogP contribution in [0.25, 0.3) is 22.3 Å². The molecule has 0 amide bonds. The summed E-state index contributed by atoms with van der Waals surface area (Å²) in [5, 5.41) is 4.69. The molecule has 196 valence electrons. The summed E-state index contributed by atoms with van der Waals surface area (Å²) in [5.74, 6) is 1.40. The number of rotatable bonds is 5. The Bertz CT molecular complexity index is 1560. The lowest BCUT2D eigenvalue weighted by Gasteiger charge is -2.53. The van der Waals surface area contributed by atoms with Crippen LogP contribution in [0.2, 0.25) is 5.15 Å². The largest absolute Gasteiger partial charge is 0.455 e. The van der Waals surface area contributed by atoms with Gasteiger partial charge in [0.15, 0.2) is 11.2 Å². The number of aryl methyl sites for hydroxylation is 1. The van der Waals surface area contributed by atoms with Crippen LogP contribution in [-0.4, -0.2) is 36.3 Å². The lowest BCUT2D eigenvalue weighted by atomic mass is 9.73. The second kappa shape index (κ2) is 9.71. The SMILES string of the molecule is Cc1cc(C(C)Nc2ccc(Cl)nc2N2CC3(CCOCC3)C2)c2oc(-c3cccnc3)c(C)c(=O)c2c1. The van der Waals surface area contributed by atoms with Gasteiger partial charge in [0.25, 0.3) is 0 Å². The summed E-state index contributed by atoms with van der Waals surface area (Å²) < 4.78 is 12.1. The van der Waals surface area contributed by atoms with E-state index >= 15 is 0 Å². The van der Waals surface area contributed by atoms with Gasteiger partial charge in [0.1, 0.15) is 16.5 Å². The van der Waals surface area contributed by atoms with Gasteiger partial charge in [-0.3, -0.25) is 9.78 Å². The predicted octanol–water partition coefficient (Wildman–Crippen LogP) is 6.31. The molecule has 4 aromatic rings. The normalized spacial score (nSPS) is 17.4. The number of ether oxygens (including phenoxy) is 1. The molecule has 1 spiro atoms. The van der Waals surface area contributed by atoms with Gasteiger partial charge in [-0.2, -0.15) is 0 Å². The molecule has 1 unspecified atom stereocenters. The molecule has 8 heteroatoms. The highest BCUT2D eigenvalue weighted by atomic mass is 35.5. The van der Waals surface area contributed by atoms with Crippen LogP contribution in [0.4, 0.5) is 11.5 Å². The van der Waals surface area contributed by atoms with Gasteiger partial charge in [0.2, 0.25) is 0 Å². The van der Waals surface area contributed by atoms with E-state index in [-0.39, 0.29) is 11.5 Å². The van der Waals surface area contributed by atoms with E-state index in [1.807, 2.05) is 37.3 Å². The molecule has 3 aromatic heterocycles. The summed E-state index contributed by atoms with van der Waals surface area (Å²) in [6, 6.07) is 11.4. The van der Waals surface area contributed by atoms with Crippen LogP contribution in [-0.2, 0) is 4.74 Å². The van der Waals surface area contributed by atoms with Gasteiger partial charge in [0, 0.05) is 60.8 Å². The summed E-state index contributed by atoms with van der Waals surface area (Å²) in [6.07, 6.45) is 5.58. The molecule has 1 N–H and O–H groups in total. The number of benzene rings is 1. The second-order valence-corrected chi connectivity index (χ2v) is 11.1. The first-order chi connectivity index (χ1) is 18.3. The number of halogens is 1. The highest BCUT2D eigenvalue weighted by molar-refractivity contribution is 6.29. The van der Waals surface area contributed by atoms with Crippen molar-refractivity contribution in [2.24, 2.45) is 5.41 Å². The first-order valence-electron chi connectivity index (χ1n) is 13.1. The fourth-order valence-corrected chi connectivity index (χ4v) is 5.93. The quantitative estimate of drug-likeness (QED) is 0.303. The Labute approximate surface area is 226 Å². The van der Waals surface area contributed by atoms with E-state index in [0.717, 1.165) is 67.3 Å². The first-order valence-corrected chi connectivity index (χ1v) is 13.5. The summed E-state index contributed by atoms with van der Waals surface area (Å²) >= 11 is 6.34. The van der Waals surface area contributed by atoms with Crippen molar-refractivity contribution < 1.29 is 9.15 Å². The highest BCUT2D eigenvalue weighted by Crippen LogP contribution is 2.44. The van der Waals surface area contributed by atoms with Gasteiger partial charge in [-0.1, -0.05) is 17.7 Å². The van der Waals surface area contributed by atoms with Crippen molar-refractivity contribution in [3.8, 4) is 11.3 Å². The molecular formula is C30H31ClN4O3. The monoisotopic (exact) mass is 530 g/mol. The summed E-state index contributed by atoms with van der Waals surface area (Å²) in [4.78, 5) is 24.6. The Hall–Kier alpha value is -3.42. The minimum atomic E-state index is -0.162.